The molecule has 124 valence electrons. The summed E-state index contributed by atoms with van der Waals surface area (Å²) in [7, 11) is 1.43. The maximum atomic E-state index is 12.1. The van der Waals surface area contributed by atoms with E-state index in [0.29, 0.717) is 5.75 Å². The van der Waals surface area contributed by atoms with Gasteiger partial charge in [-0.3, -0.25) is 14.9 Å². The zero-order valence-corrected chi connectivity index (χ0v) is 14.0. The number of phenolic OH excluding ortho intramolecular Hbond substituents is 1. The number of nitrogens with zero attached hydrogens (tertiary/aromatic N) is 2. The third kappa shape index (κ3) is 4.07. The lowest BCUT2D eigenvalue weighted by molar-refractivity contribution is -0.384. The molecular weight excluding hydrogens is 382 g/mol. The maximum Gasteiger partial charge on any atom is 0.275 e. The summed E-state index contributed by atoms with van der Waals surface area (Å²) in [6.45, 7) is 0. The fourth-order valence-corrected chi connectivity index (χ4v) is 2.17. The zero-order valence-electron chi connectivity index (χ0n) is 12.4. The number of nitro benzene ring substituents is 1. The van der Waals surface area contributed by atoms with Gasteiger partial charge in [0.15, 0.2) is 0 Å². The predicted octanol–water partition coefficient (Wildman–Crippen LogP) is 2.84. The number of benzene rings is 2. The molecule has 1 amide bonds. The van der Waals surface area contributed by atoms with Gasteiger partial charge in [0.25, 0.3) is 11.6 Å². The van der Waals surface area contributed by atoms with Gasteiger partial charge in [-0.2, -0.15) is 5.10 Å². The van der Waals surface area contributed by atoms with E-state index in [1.165, 1.54) is 13.2 Å². The average molecular weight is 394 g/mol. The van der Waals surface area contributed by atoms with Crippen LogP contribution in [0.25, 0.3) is 0 Å². The molecule has 0 fully saturated rings. The van der Waals surface area contributed by atoms with E-state index in [2.05, 4.69) is 26.5 Å². The normalized spacial score (nSPS) is 10.6. The van der Waals surface area contributed by atoms with Gasteiger partial charge >= 0.3 is 0 Å². The first-order valence-electron chi connectivity index (χ1n) is 6.56. The van der Waals surface area contributed by atoms with Crippen molar-refractivity contribution in [1.29, 1.82) is 0 Å². The van der Waals surface area contributed by atoms with E-state index in [1.54, 1.807) is 18.2 Å². The molecule has 0 unspecified atom stereocenters. The lowest BCUT2D eigenvalue weighted by Crippen LogP contribution is -2.18. The summed E-state index contributed by atoms with van der Waals surface area (Å²) in [5.74, 6) is -0.365. The second-order valence-corrected chi connectivity index (χ2v) is 5.46. The molecule has 2 aromatic carbocycles. The Morgan fingerprint density at radius 2 is 2.12 bits per heavy atom. The van der Waals surface area contributed by atoms with Crippen LogP contribution in [0.2, 0.25) is 0 Å². The smallest absolute Gasteiger partial charge is 0.275 e. The van der Waals surface area contributed by atoms with Gasteiger partial charge in [-0.15, -0.1) is 0 Å². The van der Waals surface area contributed by atoms with Crippen molar-refractivity contribution in [3.05, 3.63) is 62.1 Å². The molecule has 24 heavy (non-hydrogen) atoms. The summed E-state index contributed by atoms with van der Waals surface area (Å²) in [5, 5.41) is 24.1. The molecule has 9 heteroatoms. The second kappa shape index (κ2) is 7.55. The molecule has 0 saturated carbocycles. The quantitative estimate of drug-likeness (QED) is 0.460. The zero-order chi connectivity index (χ0) is 17.7. The first-order chi connectivity index (χ1) is 11.4. The number of hydrogen-bond acceptors (Lipinski definition) is 6. The van der Waals surface area contributed by atoms with Gasteiger partial charge in [0.05, 0.1) is 23.8 Å². The van der Waals surface area contributed by atoms with Crippen molar-refractivity contribution in [1.82, 2.24) is 5.43 Å². The highest BCUT2D eigenvalue weighted by atomic mass is 79.9. The number of phenols is 1. The van der Waals surface area contributed by atoms with Crippen LogP contribution < -0.4 is 10.2 Å². The minimum absolute atomic E-state index is 0.104. The van der Waals surface area contributed by atoms with Gasteiger partial charge < -0.3 is 9.84 Å². The number of hydrazone groups is 1. The van der Waals surface area contributed by atoms with Crippen LogP contribution in [0.15, 0.2) is 46.0 Å². The lowest BCUT2D eigenvalue weighted by atomic mass is 10.2. The molecule has 0 bridgehead atoms. The van der Waals surface area contributed by atoms with E-state index in [-0.39, 0.29) is 22.6 Å². The number of aromatic hydroxyl groups is 1. The monoisotopic (exact) mass is 393 g/mol. The number of rotatable bonds is 5. The van der Waals surface area contributed by atoms with Crippen LogP contribution in [0.5, 0.6) is 11.5 Å². The summed E-state index contributed by atoms with van der Waals surface area (Å²) in [5.41, 5.74) is 2.44. The van der Waals surface area contributed by atoms with E-state index >= 15 is 0 Å². The maximum absolute atomic E-state index is 12.1. The Bertz CT molecular complexity index is 823. The summed E-state index contributed by atoms with van der Waals surface area (Å²) < 4.78 is 5.87. The topological polar surface area (TPSA) is 114 Å². The van der Waals surface area contributed by atoms with Crippen molar-refractivity contribution < 1.29 is 19.6 Å². The molecule has 0 radical (unpaired) electrons. The number of amides is 1. The van der Waals surface area contributed by atoms with Crippen LogP contribution >= 0.6 is 15.9 Å². The summed E-state index contributed by atoms with van der Waals surface area (Å²) in [6, 6.07) is 8.35. The van der Waals surface area contributed by atoms with Crippen molar-refractivity contribution in [3.63, 3.8) is 0 Å². The number of nitrogens with one attached hydrogen (secondary N) is 1. The number of ether oxygens (including phenoxy) is 1. The molecule has 2 aromatic rings. The van der Waals surface area contributed by atoms with Crippen molar-refractivity contribution >= 4 is 33.7 Å². The number of nitro groups is 1. The molecule has 0 atom stereocenters. The Kier molecular flexibility index (Phi) is 5.48. The summed E-state index contributed by atoms with van der Waals surface area (Å²) >= 11 is 3.27. The molecule has 2 N–H and O–H groups in total. The average Bonchev–Trinajstić information content (AvgIpc) is 2.55. The molecule has 0 spiro atoms. The Morgan fingerprint density at radius 1 is 1.38 bits per heavy atom. The Morgan fingerprint density at radius 3 is 2.79 bits per heavy atom. The number of carbonyl (C=O) groups is 1. The third-order valence-electron chi connectivity index (χ3n) is 3.00. The molecule has 0 aliphatic carbocycles. The van der Waals surface area contributed by atoms with Crippen LogP contribution in [0.1, 0.15) is 15.9 Å². The van der Waals surface area contributed by atoms with Gasteiger partial charge in [0.1, 0.15) is 11.5 Å². The number of methoxy groups -OCH3 is 1. The van der Waals surface area contributed by atoms with Crippen molar-refractivity contribution in [2.24, 2.45) is 5.10 Å². The third-order valence-corrected chi connectivity index (χ3v) is 3.49. The van der Waals surface area contributed by atoms with Gasteiger partial charge in [0.2, 0.25) is 0 Å². The second-order valence-electron chi connectivity index (χ2n) is 4.54. The highest BCUT2D eigenvalue weighted by Gasteiger charge is 2.12. The van der Waals surface area contributed by atoms with E-state index in [9.17, 15) is 20.0 Å². The summed E-state index contributed by atoms with van der Waals surface area (Å²) in [4.78, 5) is 22.2. The van der Waals surface area contributed by atoms with Crippen LogP contribution in [-0.2, 0) is 0 Å². The van der Waals surface area contributed by atoms with E-state index in [4.69, 9.17) is 4.74 Å². The molecule has 2 rings (SSSR count). The Hall–Kier alpha value is -2.94. The van der Waals surface area contributed by atoms with Crippen LogP contribution in [0.4, 0.5) is 5.69 Å². The van der Waals surface area contributed by atoms with Gasteiger partial charge in [-0.25, -0.2) is 5.43 Å². The number of halogens is 1. The first-order valence-corrected chi connectivity index (χ1v) is 7.36. The van der Waals surface area contributed by atoms with Crippen molar-refractivity contribution in [2.45, 2.75) is 0 Å². The van der Waals surface area contributed by atoms with E-state index < -0.39 is 10.8 Å². The molecule has 0 saturated heterocycles. The van der Waals surface area contributed by atoms with Gasteiger partial charge in [0, 0.05) is 22.2 Å². The largest absolute Gasteiger partial charge is 0.507 e. The highest BCUT2D eigenvalue weighted by Crippen LogP contribution is 2.23. The summed E-state index contributed by atoms with van der Waals surface area (Å²) in [6.07, 6.45) is 1.12. The van der Waals surface area contributed by atoms with Gasteiger partial charge in [-0.1, -0.05) is 15.9 Å². The SMILES string of the molecule is COc1cc(Br)ccc1C(=O)N/N=C/c1cc([N+](=O)[O-])ccc1O. The standard InChI is InChI=1S/C15H12BrN3O5/c1-24-14-7-10(16)2-4-12(14)15(21)18-17-8-9-6-11(19(22)23)3-5-13(9)20/h2-8,20H,1H3,(H,18,21)/b17-8+. The number of carbonyl (C=O) groups excluding carboxylic acids is 1. The fourth-order valence-electron chi connectivity index (χ4n) is 1.83. The van der Waals surface area contributed by atoms with Crippen molar-refractivity contribution in [2.75, 3.05) is 7.11 Å². The Labute approximate surface area is 145 Å². The Balaban J connectivity index is 2.16. The number of hydrogen-bond donors (Lipinski definition) is 2. The van der Waals surface area contributed by atoms with E-state index in [0.717, 1.165) is 22.8 Å². The minimum Gasteiger partial charge on any atom is -0.507 e. The number of non-ortho nitro benzene ring substituents is 1. The highest BCUT2D eigenvalue weighted by molar-refractivity contribution is 9.10. The fraction of sp³-hybridized carbons (Fsp3) is 0.0667. The lowest BCUT2D eigenvalue weighted by Gasteiger charge is -2.07. The van der Waals surface area contributed by atoms with Crippen LogP contribution in [0.3, 0.4) is 0 Å². The molecule has 0 aromatic heterocycles. The molecule has 0 heterocycles. The molecule has 0 aliphatic heterocycles. The van der Waals surface area contributed by atoms with Crippen LogP contribution in [-0.4, -0.2) is 29.3 Å². The predicted molar refractivity (Wildman–Crippen MR) is 90.5 cm³/mol. The van der Waals surface area contributed by atoms with Crippen molar-refractivity contribution in [3.8, 4) is 11.5 Å². The molecule has 0 aliphatic rings. The molecule has 8 nitrogen and oxygen atoms in total. The minimum atomic E-state index is -0.595. The van der Waals surface area contributed by atoms with Crippen LogP contribution in [0, 0.1) is 10.1 Å². The first kappa shape index (κ1) is 17.4. The van der Waals surface area contributed by atoms with Gasteiger partial charge in [-0.05, 0) is 24.3 Å². The van der Waals surface area contributed by atoms with E-state index in [1.807, 2.05) is 0 Å². The molecular formula is C15H12BrN3O5.